The van der Waals surface area contributed by atoms with Crippen LogP contribution in [0.2, 0.25) is 0 Å². The fourth-order valence-electron chi connectivity index (χ4n) is 1.97. The number of halogens is 1. The molecular formula is C12H16BrN3O. The molecule has 0 bridgehead atoms. The topological polar surface area (TPSA) is 36.4 Å². The van der Waals surface area contributed by atoms with E-state index in [2.05, 4.69) is 25.8 Å². The highest BCUT2D eigenvalue weighted by molar-refractivity contribution is 9.09. The van der Waals surface area contributed by atoms with E-state index in [4.69, 9.17) is 0 Å². The lowest BCUT2D eigenvalue weighted by Gasteiger charge is -2.34. The minimum absolute atomic E-state index is 0.0941. The molecule has 0 spiro atoms. The van der Waals surface area contributed by atoms with Crippen molar-refractivity contribution in [2.45, 2.75) is 0 Å². The van der Waals surface area contributed by atoms with E-state index in [0.29, 0.717) is 5.56 Å². The first-order valence-corrected chi connectivity index (χ1v) is 6.91. The van der Waals surface area contributed by atoms with E-state index in [1.807, 2.05) is 11.0 Å². The van der Waals surface area contributed by atoms with Crippen molar-refractivity contribution in [3.63, 3.8) is 0 Å². The summed E-state index contributed by atoms with van der Waals surface area (Å²) < 4.78 is 0. The standard InChI is InChI=1S/C12H16BrN3O/c13-3-5-15-6-8-16(9-7-15)12(17)11-2-1-4-14-10-11/h1-2,4,10H,3,5-9H2. The van der Waals surface area contributed by atoms with Gasteiger partial charge in [-0.2, -0.15) is 0 Å². The smallest absolute Gasteiger partial charge is 0.255 e. The number of carbonyl (C=O) groups is 1. The molecule has 1 aliphatic rings. The molecule has 2 rings (SSSR count). The van der Waals surface area contributed by atoms with Crippen molar-refractivity contribution in [2.75, 3.05) is 38.1 Å². The van der Waals surface area contributed by atoms with Gasteiger partial charge in [0.1, 0.15) is 0 Å². The molecule has 1 aromatic rings. The van der Waals surface area contributed by atoms with E-state index in [1.165, 1.54) is 0 Å². The molecular weight excluding hydrogens is 282 g/mol. The molecule has 4 nitrogen and oxygen atoms in total. The highest BCUT2D eigenvalue weighted by Gasteiger charge is 2.21. The van der Waals surface area contributed by atoms with Crippen LogP contribution in [0.1, 0.15) is 10.4 Å². The number of alkyl halides is 1. The molecule has 0 unspecified atom stereocenters. The highest BCUT2D eigenvalue weighted by Crippen LogP contribution is 2.07. The van der Waals surface area contributed by atoms with Crippen molar-refractivity contribution in [3.8, 4) is 0 Å². The third-order valence-electron chi connectivity index (χ3n) is 2.97. The lowest BCUT2D eigenvalue weighted by Crippen LogP contribution is -2.49. The number of nitrogens with zero attached hydrogens (tertiary/aromatic N) is 3. The Morgan fingerprint density at radius 1 is 1.35 bits per heavy atom. The number of pyridine rings is 1. The van der Waals surface area contributed by atoms with Gasteiger partial charge in [-0.1, -0.05) is 15.9 Å². The number of hydrogen-bond acceptors (Lipinski definition) is 3. The SMILES string of the molecule is O=C(c1cccnc1)N1CCN(CCBr)CC1. The zero-order valence-corrected chi connectivity index (χ0v) is 11.3. The van der Waals surface area contributed by atoms with Crippen LogP contribution in [0, 0.1) is 0 Å². The second kappa shape index (κ2) is 6.12. The molecule has 2 heterocycles. The number of carbonyl (C=O) groups excluding carboxylic acids is 1. The Bertz CT molecular complexity index is 363. The lowest BCUT2D eigenvalue weighted by atomic mass is 10.2. The van der Waals surface area contributed by atoms with Gasteiger partial charge >= 0.3 is 0 Å². The van der Waals surface area contributed by atoms with Gasteiger partial charge in [0.25, 0.3) is 5.91 Å². The van der Waals surface area contributed by atoms with Gasteiger partial charge in [0.05, 0.1) is 5.56 Å². The van der Waals surface area contributed by atoms with Gasteiger partial charge < -0.3 is 4.90 Å². The predicted octanol–water partition coefficient (Wildman–Crippen LogP) is 1.23. The Morgan fingerprint density at radius 3 is 2.71 bits per heavy atom. The number of piperazine rings is 1. The van der Waals surface area contributed by atoms with Crippen molar-refractivity contribution < 1.29 is 4.79 Å². The van der Waals surface area contributed by atoms with Gasteiger partial charge in [-0.25, -0.2) is 0 Å². The molecule has 1 aromatic heterocycles. The summed E-state index contributed by atoms with van der Waals surface area (Å²) in [7, 11) is 0. The molecule has 0 N–H and O–H groups in total. The summed E-state index contributed by atoms with van der Waals surface area (Å²) in [4.78, 5) is 20.4. The Kier molecular flexibility index (Phi) is 4.50. The van der Waals surface area contributed by atoms with Crippen LogP contribution in [0.4, 0.5) is 0 Å². The Morgan fingerprint density at radius 2 is 2.12 bits per heavy atom. The second-order valence-electron chi connectivity index (χ2n) is 4.06. The van der Waals surface area contributed by atoms with E-state index in [1.54, 1.807) is 18.5 Å². The molecule has 5 heteroatoms. The van der Waals surface area contributed by atoms with Crippen molar-refractivity contribution >= 4 is 21.8 Å². The van der Waals surface area contributed by atoms with E-state index in [0.717, 1.165) is 38.1 Å². The van der Waals surface area contributed by atoms with Crippen LogP contribution in [0.25, 0.3) is 0 Å². The quantitative estimate of drug-likeness (QED) is 0.788. The average molecular weight is 298 g/mol. The van der Waals surface area contributed by atoms with Gasteiger partial charge in [-0.15, -0.1) is 0 Å². The van der Waals surface area contributed by atoms with Crippen LogP contribution in [0.15, 0.2) is 24.5 Å². The molecule has 1 fully saturated rings. The average Bonchev–Trinajstić information content (AvgIpc) is 2.40. The van der Waals surface area contributed by atoms with Crippen LogP contribution >= 0.6 is 15.9 Å². The third kappa shape index (κ3) is 3.26. The highest BCUT2D eigenvalue weighted by atomic mass is 79.9. The van der Waals surface area contributed by atoms with Gasteiger partial charge in [0, 0.05) is 50.4 Å². The molecule has 1 saturated heterocycles. The van der Waals surface area contributed by atoms with E-state index in [9.17, 15) is 4.79 Å². The van der Waals surface area contributed by atoms with E-state index in [-0.39, 0.29) is 5.91 Å². The number of aromatic nitrogens is 1. The summed E-state index contributed by atoms with van der Waals surface area (Å²) >= 11 is 3.44. The Balaban J connectivity index is 1.91. The maximum Gasteiger partial charge on any atom is 0.255 e. The fraction of sp³-hybridized carbons (Fsp3) is 0.500. The zero-order valence-electron chi connectivity index (χ0n) is 9.68. The Hall–Kier alpha value is -0.940. The van der Waals surface area contributed by atoms with Gasteiger partial charge in [0.15, 0.2) is 0 Å². The fourth-order valence-corrected chi connectivity index (χ4v) is 2.47. The molecule has 0 radical (unpaired) electrons. The summed E-state index contributed by atoms with van der Waals surface area (Å²) in [6.07, 6.45) is 3.32. The molecule has 17 heavy (non-hydrogen) atoms. The Labute approximate surface area is 110 Å². The van der Waals surface area contributed by atoms with Gasteiger partial charge in [-0.05, 0) is 12.1 Å². The first-order chi connectivity index (χ1) is 8.31. The summed E-state index contributed by atoms with van der Waals surface area (Å²) in [6, 6.07) is 3.62. The molecule has 1 amide bonds. The molecule has 92 valence electrons. The van der Waals surface area contributed by atoms with Gasteiger partial charge in [-0.3, -0.25) is 14.7 Å². The normalized spacial score (nSPS) is 17.1. The third-order valence-corrected chi connectivity index (χ3v) is 3.32. The summed E-state index contributed by atoms with van der Waals surface area (Å²) in [5, 5.41) is 0.990. The van der Waals surface area contributed by atoms with Crippen molar-refractivity contribution in [3.05, 3.63) is 30.1 Å². The molecule has 0 aliphatic carbocycles. The molecule has 0 saturated carbocycles. The minimum atomic E-state index is 0.0941. The van der Waals surface area contributed by atoms with Crippen LogP contribution in [0.5, 0.6) is 0 Å². The van der Waals surface area contributed by atoms with Gasteiger partial charge in [0.2, 0.25) is 0 Å². The first-order valence-electron chi connectivity index (χ1n) is 5.79. The van der Waals surface area contributed by atoms with Crippen LogP contribution in [0.3, 0.4) is 0 Å². The predicted molar refractivity (Wildman–Crippen MR) is 70.4 cm³/mol. The number of rotatable bonds is 3. The van der Waals surface area contributed by atoms with Crippen molar-refractivity contribution in [1.29, 1.82) is 0 Å². The maximum atomic E-state index is 12.1. The van der Waals surface area contributed by atoms with E-state index >= 15 is 0 Å². The minimum Gasteiger partial charge on any atom is -0.336 e. The number of amides is 1. The second-order valence-corrected chi connectivity index (χ2v) is 4.86. The molecule has 0 atom stereocenters. The first kappa shape index (κ1) is 12.5. The monoisotopic (exact) mass is 297 g/mol. The van der Waals surface area contributed by atoms with Crippen molar-refractivity contribution in [2.24, 2.45) is 0 Å². The largest absolute Gasteiger partial charge is 0.336 e. The maximum absolute atomic E-state index is 12.1. The summed E-state index contributed by atoms with van der Waals surface area (Å²) in [5.74, 6) is 0.0941. The van der Waals surface area contributed by atoms with Crippen LogP contribution in [-0.4, -0.2) is 58.7 Å². The zero-order chi connectivity index (χ0) is 12.1. The number of hydrogen-bond donors (Lipinski definition) is 0. The molecule has 1 aliphatic heterocycles. The summed E-state index contributed by atoms with van der Waals surface area (Å²) in [5.41, 5.74) is 0.682. The molecule has 0 aromatic carbocycles. The van der Waals surface area contributed by atoms with Crippen LogP contribution < -0.4 is 0 Å². The van der Waals surface area contributed by atoms with Crippen LogP contribution in [-0.2, 0) is 0 Å². The summed E-state index contributed by atoms with van der Waals surface area (Å²) in [6.45, 7) is 4.57. The van der Waals surface area contributed by atoms with Crippen molar-refractivity contribution in [1.82, 2.24) is 14.8 Å². The van der Waals surface area contributed by atoms with E-state index < -0.39 is 0 Å². The lowest BCUT2D eigenvalue weighted by molar-refractivity contribution is 0.0644.